The minimum absolute atomic E-state index is 0.0410. The number of anilines is 2. The van der Waals surface area contributed by atoms with Crippen molar-refractivity contribution in [1.29, 1.82) is 0 Å². The van der Waals surface area contributed by atoms with Gasteiger partial charge in [0.1, 0.15) is 6.54 Å². The number of nitrogens with one attached hydrogen (secondary N) is 1. The van der Waals surface area contributed by atoms with E-state index in [2.05, 4.69) is 27.9 Å². The van der Waals surface area contributed by atoms with Crippen LogP contribution in [0.3, 0.4) is 0 Å². The maximum atomic E-state index is 13.3. The fourth-order valence-electron chi connectivity index (χ4n) is 2.79. The number of aryl methyl sites for hydroxylation is 1. The molecule has 9 heteroatoms. The molecule has 0 aliphatic carbocycles. The Labute approximate surface area is 199 Å². The first-order valence-electron chi connectivity index (χ1n) is 8.78. The van der Waals surface area contributed by atoms with E-state index >= 15 is 0 Å². The van der Waals surface area contributed by atoms with Crippen molar-refractivity contribution in [2.24, 2.45) is 0 Å². The second kappa shape index (κ2) is 9.55. The highest BCUT2D eigenvalue weighted by Crippen LogP contribution is 2.35. The van der Waals surface area contributed by atoms with Gasteiger partial charge in [0.15, 0.2) is 0 Å². The molecule has 0 aliphatic rings. The maximum absolute atomic E-state index is 13.3. The summed E-state index contributed by atoms with van der Waals surface area (Å²) in [7, 11) is -4.07. The lowest BCUT2D eigenvalue weighted by molar-refractivity contribution is -0.114. The van der Waals surface area contributed by atoms with Gasteiger partial charge in [-0.1, -0.05) is 47.5 Å². The molecular formula is C21H17Cl2IN2O3S. The van der Waals surface area contributed by atoms with Crippen LogP contribution in [0.25, 0.3) is 0 Å². The molecule has 0 bridgehead atoms. The van der Waals surface area contributed by atoms with Crippen LogP contribution in [0.2, 0.25) is 10.0 Å². The van der Waals surface area contributed by atoms with Crippen LogP contribution in [0.15, 0.2) is 71.6 Å². The molecule has 5 nitrogen and oxygen atoms in total. The zero-order valence-corrected chi connectivity index (χ0v) is 20.3. The summed E-state index contributed by atoms with van der Waals surface area (Å²) in [4.78, 5) is 12.9. The van der Waals surface area contributed by atoms with Crippen LogP contribution in [0.4, 0.5) is 11.4 Å². The highest BCUT2D eigenvalue weighted by Gasteiger charge is 2.29. The molecule has 0 heterocycles. The molecule has 0 atom stereocenters. The molecule has 3 rings (SSSR count). The predicted octanol–water partition coefficient (Wildman–Crippen LogP) is 5.74. The first-order chi connectivity index (χ1) is 14.2. The van der Waals surface area contributed by atoms with Crippen LogP contribution < -0.4 is 9.62 Å². The molecule has 0 aromatic heterocycles. The van der Waals surface area contributed by atoms with Crippen molar-refractivity contribution >= 4 is 73.1 Å². The van der Waals surface area contributed by atoms with Gasteiger partial charge in [0.05, 0.1) is 20.6 Å². The summed E-state index contributed by atoms with van der Waals surface area (Å²) in [6.45, 7) is 1.40. The largest absolute Gasteiger partial charge is 0.324 e. The minimum atomic E-state index is -4.07. The van der Waals surface area contributed by atoms with Crippen molar-refractivity contribution in [1.82, 2.24) is 0 Å². The van der Waals surface area contributed by atoms with E-state index in [9.17, 15) is 13.2 Å². The second-order valence-electron chi connectivity index (χ2n) is 6.41. The van der Waals surface area contributed by atoms with Gasteiger partial charge < -0.3 is 5.32 Å². The molecule has 0 fully saturated rings. The van der Waals surface area contributed by atoms with Crippen LogP contribution in [0, 0.1) is 10.5 Å². The van der Waals surface area contributed by atoms with Crippen molar-refractivity contribution in [3.8, 4) is 0 Å². The molecule has 0 radical (unpaired) electrons. The van der Waals surface area contributed by atoms with Gasteiger partial charge in [-0.25, -0.2) is 8.42 Å². The standard InChI is InChI=1S/C21H17Cl2IN2O3S/c1-14-12-15(24)10-11-18(14)25-20(27)13-26(19-9-5-8-17(22)21(19)23)30(28,29)16-6-3-2-4-7-16/h2-12H,13H2,1H3,(H,25,27). The molecule has 3 aromatic carbocycles. The normalized spacial score (nSPS) is 11.2. The number of sulfonamides is 1. The highest BCUT2D eigenvalue weighted by molar-refractivity contribution is 14.1. The number of benzene rings is 3. The third kappa shape index (κ3) is 5.08. The Morgan fingerprint density at radius 2 is 1.73 bits per heavy atom. The zero-order chi connectivity index (χ0) is 21.9. The lowest BCUT2D eigenvalue weighted by Crippen LogP contribution is -2.38. The van der Waals surface area contributed by atoms with E-state index < -0.39 is 22.5 Å². The summed E-state index contributed by atoms with van der Waals surface area (Å²) < 4.78 is 28.7. The van der Waals surface area contributed by atoms with Gasteiger partial charge >= 0.3 is 0 Å². The van der Waals surface area contributed by atoms with Gasteiger partial charge in [-0.3, -0.25) is 9.10 Å². The summed E-state index contributed by atoms with van der Waals surface area (Å²) >= 11 is 14.6. The second-order valence-corrected chi connectivity index (χ2v) is 10.3. The summed E-state index contributed by atoms with van der Waals surface area (Å²) in [5.74, 6) is -0.505. The molecule has 0 aliphatic heterocycles. The molecular weight excluding hydrogens is 558 g/mol. The van der Waals surface area contributed by atoms with Crippen molar-refractivity contribution in [2.45, 2.75) is 11.8 Å². The van der Waals surface area contributed by atoms with Gasteiger partial charge in [0, 0.05) is 9.26 Å². The van der Waals surface area contributed by atoms with Crippen LogP contribution in [-0.4, -0.2) is 20.9 Å². The highest BCUT2D eigenvalue weighted by atomic mass is 127. The molecule has 0 unspecified atom stereocenters. The van der Waals surface area contributed by atoms with Crippen LogP contribution in [0.5, 0.6) is 0 Å². The average molecular weight is 575 g/mol. The lowest BCUT2D eigenvalue weighted by atomic mass is 10.2. The van der Waals surface area contributed by atoms with Gasteiger partial charge in [-0.05, 0) is 77.5 Å². The first kappa shape index (κ1) is 22.9. The SMILES string of the molecule is Cc1cc(I)ccc1NC(=O)CN(c1cccc(Cl)c1Cl)S(=O)(=O)c1ccccc1. The fraction of sp³-hybridized carbons (Fsp3) is 0.0952. The lowest BCUT2D eigenvalue weighted by Gasteiger charge is -2.25. The number of nitrogens with zero attached hydrogens (tertiary/aromatic N) is 1. The maximum Gasteiger partial charge on any atom is 0.264 e. The van der Waals surface area contributed by atoms with Gasteiger partial charge in [-0.2, -0.15) is 0 Å². The molecule has 30 heavy (non-hydrogen) atoms. The van der Waals surface area contributed by atoms with E-state index in [0.29, 0.717) is 5.69 Å². The topological polar surface area (TPSA) is 66.5 Å². The first-order valence-corrected chi connectivity index (χ1v) is 12.1. The van der Waals surface area contributed by atoms with Crippen LogP contribution in [0.1, 0.15) is 5.56 Å². The van der Waals surface area contributed by atoms with E-state index in [4.69, 9.17) is 23.2 Å². The Hall–Kier alpha value is -1.81. The predicted molar refractivity (Wildman–Crippen MR) is 130 cm³/mol. The molecule has 3 aromatic rings. The van der Waals surface area contributed by atoms with Crippen molar-refractivity contribution < 1.29 is 13.2 Å². The third-order valence-electron chi connectivity index (χ3n) is 4.28. The van der Waals surface area contributed by atoms with E-state index in [1.807, 2.05) is 19.1 Å². The number of hydrogen-bond acceptors (Lipinski definition) is 3. The Bertz CT molecular complexity index is 1190. The molecule has 0 saturated heterocycles. The van der Waals surface area contributed by atoms with Gasteiger partial charge in [0.25, 0.3) is 10.0 Å². The molecule has 156 valence electrons. The molecule has 0 saturated carbocycles. The zero-order valence-electron chi connectivity index (χ0n) is 15.8. The third-order valence-corrected chi connectivity index (χ3v) is 7.53. The van der Waals surface area contributed by atoms with Crippen molar-refractivity contribution in [3.05, 3.63) is 85.9 Å². The monoisotopic (exact) mass is 574 g/mol. The number of hydrogen-bond donors (Lipinski definition) is 1. The molecule has 1 amide bonds. The Morgan fingerprint density at radius 3 is 2.40 bits per heavy atom. The van der Waals surface area contributed by atoms with Crippen LogP contribution in [-0.2, 0) is 14.8 Å². The van der Waals surface area contributed by atoms with Crippen LogP contribution >= 0.6 is 45.8 Å². The minimum Gasteiger partial charge on any atom is -0.324 e. The number of carbonyl (C=O) groups excluding carboxylic acids is 1. The van der Waals surface area contributed by atoms with E-state index in [0.717, 1.165) is 13.4 Å². The quantitative estimate of drug-likeness (QED) is 0.382. The number of halogens is 3. The van der Waals surface area contributed by atoms with Gasteiger partial charge in [0.2, 0.25) is 5.91 Å². The number of carbonyl (C=O) groups is 1. The Balaban J connectivity index is 1.99. The average Bonchev–Trinajstić information content (AvgIpc) is 2.71. The van der Waals surface area contributed by atoms with Gasteiger partial charge in [-0.15, -0.1) is 0 Å². The summed E-state index contributed by atoms with van der Waals surface area (Å²) in [6, 6.07) is 18.0. The summed E-state index contributed by atoms with van der Waals surface area (Å²) in [5.41, 5.74) is 1.60. The smallest absolute Gasteiger partial charge is 0.264 e. The van der Waals surface area contributed by atoms with E-state index in [1.165, 1.54) is 18.2 Å². The van der Waals surface area contributed by atoms with Crippen molar-refractivity contribution in [2.75, 3.05) is 16.2 Å². The summed E-state index contributed by atoms with van der Waals surface area (Å²) in [5, 5.41) is 3.01. The number of amides is 1. The fourth-order valence-corrected chi connectivity index (χ4v) is 5.34. The molecule has 0 spiro atoms. The Morgan fingerprint density at radius 1 is 1.03 bits per heavy atom. The number of rotatable bonds is 6. The molecule has 1 N–H and O–H groups in total. The Kier molecular flexibility index (Phi) is 7.28. The van der Waals surface area contributed by atoms with E-state index in [-0.39, 0.29) is 20.6 Å². The van der Waals surface area contributed by atoms with Crippen molar-refractivity contribution in [3.63, 3.8) is 0 Å². The van der Waals surface area contributed by atoms with E-state index in [1.54, 1.807) is 36.4 Å². The summed E-state index contributed by atoms with van der Waals surface area (Å²) in [6.07, 6.45) is 0.